The van der Waals surface area contributed by atoms with Crippen LogP contribution < -0.4 is 4.90 Å². The summed E-state index contributed by atoms with van der Waals surface area (Å²) in [6.07, 6.45) is 2.41. The van der Waals surface area contributed by atoms with Gasteiger partial charge in [0, 0.05) is 24.8 Å². The van der Waals surface area contributed by atoms with Crippen LogP contribution in [0.3, 0.4) is 0 Å². The number of nitrogens with one attached hydrogen (secondary N) is 1. The summed E-state index contributed by atoms with van der Waals surface area (Å²) in [5.41, 5.74) is 3.47. The van der Waals surface area contributed by atoms with Crippen LogP contribution in [0, 0.1) is 5.82 Å². The van der Waals surface area contributed by atoms with Gasteiger partial charge in [0.2, 0.25) is 5.82 Å². The molecule has 32 heavy (non-hydrogen) atoms. The van der Waals surface area contributed by atoms with Gasteiger partial charge in [-0.3, -0.25) is 0 Å². The van der Waals surface area contributed by atoms with Crippen LogP contribution in [0.4, 0.5) is 10.2 Å². The first-order valence-electron chi connectivity index (χ1n) is 10.1. The Hall–Kier alpha value is -4.14. The maximum atomic E-state index is 13.5. The summed E-state index contributed by atoms with van der Waals surface area (Å²) in [7, 11) is 0. The molecule has 4 aromatic rings. The van der Waals surface area contributed by atoms with Gasteiger partial charge < -0.3 is 10.0 Å². The molecule has 8 nitrogen and oxygen atoms in total. The summed E-state index contributed by atoms with van der Waals surface area (Å²) < 4.78 is 13.5. The Morgan fingerprint density at radius 1 is 1.12 bits per heavy atom. The molecule has 0 aliphatic carbocycles. The lowest BCUT2D eigenvalue weighted by molar-refractivity contribution is 0.0697. The second-order valence-electron chi connectivity index (χ2n) is 7.22. The van der Waals surface area contributed by atoms with Crippen LogP contribution in [0.25, 0.3) is 22.5 Å². The summed E-state index contributed by atoms with van der Waals surface area (Å²) in [6, 6.07) is 15.2. The number of carboxylic acid groups (broad SMARTS) is 1. The number of nitrogens with zero attached hydrogens (tertiary/aromatic N) is 5. The molecule has 0 fully saturated rings. The van der Waals surface area contributed by atoms with Crippen molar-refractivity contribution in [2.24, 2.45) is 0 Å². The number of H-pyrrole nitrogens is 1. The van der Waals surface area contributed by atoms with E-state index in [2.05, 4.69) is 25.6 Å². The molecule has 0 saturated heterocycles. The average molecular weight is 432 g/mol. The maximum Gasteiger partial charge on any atom is 0.339 e. The van der Waals surface area contributed by atoms with Crippen LogP contribution in [-0.2, 0) is 6.54 Å². The van der Waals surface area contributed by atoms with Crippen molar-refractivity contribution in [1.29, 1.82) is 0 Å². The number of tetrazole rings is 1. The van der Waals surface area contributed by atoms with Crippen molar-refractivity contribution in [3.05, 3.63) is 77.7 Å². The fraction of sp³-hybridized carbons (Fsp3) is 0.174. The standard InChI is InChI=1S/C23H21FN6O2/c1-2-12-30(22-19(23(31)32)4-3-11-25-22)14-15-5-10-18(21-26-28-29-27-21)20(13-15)16-6-8-17(24)9-7-16/h3-11,13H,2,12,14H2,1H3,(H,31,32)(H,26,27,28,29). The molecule has 0 unspecified atom stereocenters. The molecule has 2 aromatic carbocycles. The monoisotopic (exact) mass is 432 g/mol. The second-order valence-corrected chi connectivity index (χ2v) is 7.22. The van der Waals surface area contributed by atoms with Crippen LogP contribution in [-0.4, -0.2) is 43.2 Å². The Labute approximate surface area is 183 Å². The van der Waals surface area contributed by atoms with Gasteiger partial charge in [-0.15, -0.1) is 10.2 Å². The van der Waals surface area contributed by atoms with E-state index in [-0.39, 0.29) is 11.4 Å². The molecule has 0 atom stereocenters. The molecule has 0 aliphatic heterocycles. The minimum atomic E-state index is -1.02. The molecule has 0 spiro atoms. The quantitative estimate of drug-likeness (QED) is 0.430. The zero-order valence-electron chi connectivity index (χ0n) is 17.4. The molecule has 4 rings (SSSR count). The van der Waals surface area contributed by atoms with Crippen molar-refractivity contribution < 1.29 is 14.3 Å². The number of rotatable bonds is 8. The molecule has 2 N–H and O–H groups in total. The summed E-state index contributed by atoms with van der Waals surface area (Å²) >= 11 is 0. The highest BCUT2D eigenvalue weighted by Gasteiger charge is 2.19. The fourth-order valence-electron chi connectivity index (χ4n) is 3.59. The topological polar surface area (TPSA) is 108 Å². The number of aromatic amines is 1. The minimum Gasteiger partial charge on any atom is -0.478 e. The van der Waals surface area contributed by atoms with Gasteiger partial charge in [0.25, 0.3) is 0 Å². The molecule has 9 heteroatoms. The number of anilines is 1. The van der Waals surface area contributed by atoms with Crippen LogP contribution >= 0.6 is 0 Å². The highest BCUT2D eigenvalue weighted by Crippen LogP contribution is 2.32. The fourth-order valence-corrected chi connectivity index (χ4v) is 3.59. The van der Waals surface area contributed by atoms with E-state index in [4.69, 9.17) is 0 Å². The van der Waals surface area contributed by atoms with Crippen molar-refractivity contribution in [2.45, 2.75) is 19.9 Å². The summed E-state index contributed by atoms with van der Waals surface area (Å²) in [4.78, 5) is 18.0. The van der Waals surface area contributed by atoms with Gasteiger partial charge in [-0.25, -0.2) is 14.2 Å². The van der Waals surface area contributed by atoms with Gasteiger partial charge in [0.05, 0.1) is 0 Å². The predicted molar refractivity (Wildman–Crippen MR) is 118 cm³/mol. The third kappa shape index (κ3) is 4.46. The van der Waals surface area contributed by atoms with Crippen molar-refractivity contribution in [3.8, 4) is 22.5 Å². The van der Waals surface area contributed by atoms with Gasteiger partial charge in [0.15, 0.2) is 0 Å². The number of carbonyl (C=O) groups is 1. The molecular formula is C23H21FN6O2. The van der Waals surface area contributed by atoms with E-state index in [1.807, 2.05) is 30.0 Å². The first-order chi connectivity index (χ1) is 15.6. The van der Waals surface area contributed by atoms with E-state index in [0.29, 0.717) is 24.7 Å². The molecule has 162 valence electrons. The van der Waals surface area contributed by atoms with Crippen molar-refractivity contribution in [1.82, 2.24) is 25.6 Å². The van der Waals surface area contributed by atoms with Crippen LogP contribution in [0.2, 0.25) is 0 Å². The molecule has 0 aliphatic rings. The number of hydrogen-bond donors (Lipinski definition) is 2. The van der Waals surface area contributed by atoms with Crippen LogP contribution in [0.5, 0.6) is 0 Å². The number of benzene rings is 2. The summed E-state index contributed by atoms with van der Waals surface area (Å²) in [5, 5.41) is 23.8. The molecular weight excluding hydrogens is 411 g/mol. The zero-order valence-corrected chi connectivity index (χ0v) is 17.4. The number of aromatic nitrogens is 5. The largest absolute Gasteiger partial charge is 0.478 e. The van der Waals surface area contributed by atoms with E-state index in [1.54, 1.807) is 30.5 Å². The van der Waals surface area contributed by atoms with E-state index in [0.717, 1.165) is 28.7 Å². The third-order valence-corrected chi connectivity index (χ3v) is 5.01. The first-order valence-corrected chi connectivity index (χ1v) is 10.1. The molecule has 2 aromatic heterocycles. The number of hydrogen-bond acceptors (Lipinski definition) is 6. The van der Waals surface area contributed by atoms with Gasteiger partial charge in [0.1, 0.15) is 17.2 Å². The lowest BCUT2D eigenvalue weighted by Crippen LogP contribution is -2.26. The number of aromatic carboxylic acids is 1. The van der Waals surface area contributed by atoms with Crippen LogP contribution in [0.15, 0.2) is 60.8 Å². The van der Waals surface area contributed by atoms with E-state index < -0.39 is 5.97 Å². The van der Waals surface area contributed by atoms with E-state index >= 15 is 0 Å². The third-order valence-electron chi connectivity index (χ3n) is 5.01. The first kappa shape index (κ1) is 21.1. The average Bonchev–Trinajstić information content (AvgIpc) is 3.34. The summed E-state index contributed by atoms with van der Waals surface area (Å²) in [5.74, 6) is -0.489. The molecule has 0 bridgehead atoms. The Kier molecular flexibility index (Phi) is 6.16. The smallest absolute Gasteiger partial charge is 0.339 e. The van der Waals surface area contributed by atoms with Gasteiger partial charge >= 0.3 is 5.97 Å². The summed E-state index contributed by atoms with van der Waals surface area (Å²) in [6.45, 7) is 3.11. The van der Waals surface area contributed by atoms with Gasteiger partial charge in [-0.05, 0) is 58.7 Å². The van der Waals surface area contributed by atoms with Crippen molar-refractivity contribution in [2.75, 3.05) is 11.4 Å². The lowest BCUT2D eigenvalue weighted by atomic mass is 9.96. The van der Waals surface area contributed by atoms with Crippen LogP contribution in [0.1, 0.15) is 29.3 Å². The number of halogens is 1. The SMILES string of the molecule is CCCN(Cc1ccc(-c2nn[nH]n2)c(-c2ccc(F)cc2)c1)c1ncccc1C(=O)O. The Balaban J connectivity index is 1.76. The van der Waals surface area contributed by atoms with Gasteiger partial charge in [-0.1, -0.05) is 31.2 Å². The second kappa shape index (κ2) is 9.34. The van der Waals surface area contributed by atoms with Gasteiger partial charge in [-0.2, -0.15) is 5.21 Å². The normalized spacial score (nSPS) is 10.8. The Bertz CT molecular complexity index is 1210. The molecule has 0 radical (unpaired) electrons. The van der Waals surface area contributed by atoms with E-state index in [9.17, 15) is 14.3 Å². The van der Waals surface area contributed by atoms with Crippen molar-refractivity contribution >= 4 is 11.8 Å². The van der Waals surface area contributed by atoms with E-state index in [1.165, 1.54) is 12.1 Å². The maximum absolute atomic E-state index is 13.5. The predicted octanol–water partition coefficient (Wildman–Crippen LogP) is 4.18. The minimum absolute atomic E-state index is 0.156. The Morgan fingerprint density at radius 3 is 2.62 bits per heavy atom. The Morgan fingerprint density at radius 2 is 1.94 bits per heavy atom. The number of pyridine rings is 1. The molecule has 0 saturated carbocycles. The molecule has 2 heterocycles. The number of carboxylic acids is 1. The lowest BCUT2D eigenvalue weighted by Gasteiger charge is -2.25. The molecule has 0 amide bonds. The van der Waals surface area contributed by atoms with Crippen molar-refractivity contribution in [3.63, 3.8) is 0 Å². The zero-order chi connectivity index (χ0) is 22.5. The highest BCUT2D eigenvalue weighted by atomic mass is 19.1. The highest BCUT2D eigenvalue weighted by molar-refractivity contribution is 5.93.